The first-order valence-electron chi connectivity index (χ1n) is 4.19. The highest BCUT2D eigenvalue weighted by Gasteiger charge is 2.22. The van der Waals surface area contributed by atoms with Crippen LogP contribution in [0.25, 0.3) is 0 Å². The van der Waals surface area contributed by atoms with Crippen LogP contribution in [0.2, 0.25) is 0 Å². The molecule has 1 unspecified atom stereocenters. The van der Waals surface area contributed by atoms with E-state index in [1.807, 2.05) is 6.92 Å². The number of aliphatic hydroxyl groups is 1. The Balaban J connectivity index is 2.60. The van der Waals surface area contributed by atoms with Gasteiger partial charge in [0.2, 0.25) is 0 Å². The number of phenols is 1. The van der Waals surface area contributed by atoms with Gasteiger partial charge in [-0.15, -0.1) is 0 Å². The highest BCUT2D eigenvalue weighted by Crippen LogP contribution is 2.35. The summed E-state index contributed by atoms with van der Waals surface area (Å²) in [5.41, 5.74) is 3.20. The Hall–Kier alpha value is -1.02. The van der Waals surface area contributed by atoms with Crippen LogP contribution in [-0.4, -0.2) is 10.2 Å². The predicted octanol–water partition coefficient (Wildman–Crippen LogP) is 1.68. The summed E-state index contributed by atoms with van der Waals surface area (Å²) in [7, 11) is 0. The average Bonchev–Trinajstić information content (AvgIpc) is 2.33. The van der Waals surface area contributed by atoms with Gasteiger partial charge in [-0.3, -0.25) is 0 Å². The summed E-state index contributed by atoms with van der Waals surface area (Å²) in [4.78, 5) is 0. The topological polar surface area (TPSA) is 40.5 Å². The molecule has 2 N–H and O–H groups in total. The van der Waals surface area contributed by atoms with Crippen molar-refractivity contribution in [2.24, 2.45) is 0 Å². The minimum atomic E-state index is -0.370. The van der Waals surface area contributed by atoms with Crippen molar-refractivity contribution in [3.05, 3.63) is 28.8 Å². The number of aryl methyl sites for hydroxylation is 1. The number of aliphatic hydroxyl groups excluding tert-OH is 1. The maximum absolute atomic E-state index is 9.52. The van der Waals surface area contributed by atoms with Crippen LogP contribution in [0.15, 0.2) is 12.1 Å². The Morgan fingerprint density at radius 2 is 2.17 bits per heavy atom. The van der Waals surface area contributed by atoms with Gasteiger partial charge in [-0.2, -0.15) is 0 Å². The summed E-state index contributed by atoms with van der Waals surface area (Å²) in [6.45, 7) is 1.97. The maximum Gasteiger partial charge on any atom is 0.116 e. The lowest BCUT2D eigenvalue weighted by Crippen LogP contribution is -1.91. The highest BCUT2D eigenvalue weighted by molar-refractivity contribution is 5.44. The molecule has 64 valence electrons. The Bertz CT molecular complexity index is 318. The zero-order chi connectivity index (χ0) is 8.72. The van der Waals surface area contributed by atoms with Crippen molar-refractivity contribution >= 4 is 0 Å². The van der Waals surface area contributed by atoms with E-state index < -0.39 is 0 Å². The van der Waals surface area contributed by atoms with Gasteiger partial charge in [-0.25, -0.2) is 0 Å². The Morgan fingerprint density at radius 3 is 2.92 bits per heavy atom. The van der Waals surface area contributed by atoms with E-state index in [9.17, 15) is 10.2 Å². The third kappa shape index (κ3) is 0.994. The van der Waals surface area contributed by atoms with Crippen LogP contribution in [0, 0.1) is 6.92 Å². The van der Waals surface area contributed by atoms with Crippen molar-refractivity contribution in [2.75, 3.05) is 0 Å². The molecule has 0 aliphatic heterocycles. The monoisotopic (exact) mass is 164 g/mol. The standard InChI is InChI=1S/C10H12O2/c1-6-4-7(11)5-9-8(6)2-3-10(9)12/h4-5,10-12H,2-3H2,1H3. The lowest BCUT2D eigenvalue weighted by molar-refractivity contribution is 0.179. The number of benzene rings is 1. The molecule has 1 aliphatic rings. The van der Waals surface area contributed by atoms with Crippen molar-refractivity contribution in [2.45, 2.75) is 25.9 Å². The van der Waals surface area contributed by atoms with Crippen LogP contribution >= 0.6 is 0 Å². The molecule has 12 heavy (non-hydrogen) atoms. The summed E-state index contributed by atoms with van der Waals surface area (Å²) in [5.74, 6) is 0.257. The van der Waals surface area contributed by atoms with Gasteiger partial charge in [0.15, 0.2) is 0 Å². The summed E-state index contributed by atoms with van der Waals surface area (Å²) in [6, 6.07) is 3.41. The third-order valence-electron chi connectivity index (χ3n) is 2.52. The average molecular weight is 164 g/mol. The normalized spacial score (nSPS) is 21.0. The molecule has 0 radical (unpaired) electrons. The van der Waals surface area contributed by atoms with Crippen molar-refractivity contribution < 1.29 is 10.2 Å². The number of hydrogen-bond donors (Lipinski definition) is 2. The van der Waals surface area contributed by atoms with E-state index in [4.69, 9.17) is 0 Å². The number of aromatic hydroxyl groups is 1. The van der Waals surface area contributed by atoms with E-state index in [0.717, 1.165) is 24.0 Å². The molecule has 0 saturated carbocycles. The molecule has 1 atom stereocenters. The van der Waals surface area contributed by atoms with Crippen molar-refractivity contribution in [3.63, 3.8) is 0 Å². The zero-order valence-corrected chi connectivity index (χ0v) is 7.04. The molecule has 1 aromatic carbocycles. The fourth-order valence-electron chi connectivity index (χ4n) is 1.90. The van der Waals surface area contributed by atoms with Gasteiger partial charge >= 0.3 is 0 Å². The summed E-state index contributed by atoms with van der Waals surface area (Å²) in [5, 5.41) is 18.8. The molecule has 1 aliphatic carbocycles. The Kier molecular flexibility index (Phi) is 1.58. The van der Waals surface area contributed by atoms with Gasteiger partial charge in [-0.1, -0.05) is 0 Å². The molecular formula is C10H12O2. The van der Waals surface area contributed by atoms with Crippen LogP contribution in [0.3, 0.4) is 0 Å². The maximum atomic E-state index is 9.52. The number of fused-ring (bicyclic) bond motifs is 1. The van der Waals surface area contributed by atoms with Crippen LogP contribution < -0.4 is 0 Å². The molecule has 1 aromatic rings. The van der Waals surface area contributed by atoms with Crippen molar-refractivity contribution in [1.82, 2.24) is 0 Å². The smallest absolute Gasteiger partial charge is 0.116 e. The van der Waals surface area contributed by atoms with Gasteiger partial charge in [0.05, 0.1) is 6.10 Å². The minimum Gasteiger partial charge on any atom is -0.508 e. The Morgan fingerprint density at radius 1 is 1.42 bits per heavy atom. The first-order valence-corrected chi connectivity index (χ1v) is 4.19. The van der Waals surface area contributed by atoms with E-state index in [2.05, 4.69) is 0 Å². The lowest BCUT2D eigenvalue weighted by atomic mass is 10.0. The van der Waals surface area contributed by atoms with Gasteiger partial charge < -0.3 is 10.2 Å². The zero-order valence-electron chi connectivity index (χ0n) is 7.04. The quantitative estimate of drug-likeness (QED) is 0.612. The molecule has 2 heteroatoms. The van der Waals surface area contributed by atoms with Gasteiger partial charge in [0.25, 0.3) is 0 Å². The molecule has 2 rings (SSSR count). The number of hydrogen-bond acceptors (Lipinski definition) is 2. The second-order valence-electron chi connectivity index (χ2n) is 3.38. The van der Waals surface area contributed by atoms with E-state index in [0.29, 0.717) is 0 Å². The van der Waals surface area contributed by atoms with Crippen LogP contribution in [0.4, 0.5) is 0 Å². The highest BCUT2D eigenvalue weighted by atomic mass is 16.3. The number of phenolic OH excluding ortho intramolecular Hbond substituents is 1. The van der Waals surface area contributed by atoms with Crippen LogP contribution in [0.5, 0.6) is 5.75 Å². The molecule has 0 amide bonds. The fraction of sp³-hybridized carbons (Fsp3) is 0.400. The predicted molar refractivity (Wildman–Crippen MR) is 46.1 cm³/mol. The molecule has 0 spiro atoms. The van der Waals surface area contributed by atoms with Crippen LogP contribution in [-0.2, 0) is 6.42 Å². The molecule has 0 bridgehead atoms. The minimum absolute atomic E-state index is 0.257. The Labute approximate surface area is 71.5 Å². The molecule has 0 aromatic heterocycles. The second-order valence-corrected chi connectivity index (χ2v) is 3.38. The summed E-state index contributed by atoms with van der Waals surface area (Å²) >= 11 is 0. The fourth-order valence-corrected chi connectivity index (χ4v) is 1.90. The molecule has 0 fully saturated rings. The van der Waals surface area contributed by atoms with Crippen molar-refractivity contribution in [3.8, 4) is 5.75 Å². The van der Waals surface area contributed by atoms with Gasteiger partial charge in [0.1, 0.15) is 5.75 Å². The second kappa shape index (κ2) is 2.49. The van der Waals surface area contributed by atoms with E-state index in [1.54, 1.807) is 12.1 Å². The third-order valence-corrected chi connectivity index (χ3v) is 2.52. The van der Waals surface area contributed by atoms with E-state index in [1.165, 1.54) is 5.56 Å². The first kappa shape index (κ1) is 7.62. The number of rotatable bonds is 0. The van der Waals surface area contributed by atoms with E-state index in [-0.39, 0.29) is 11.9 Å². The first-order chi connectivity index (χ1) is 5.68. The molecule has 2 nitrogen and oxygen atoms in total. The SMILES string of the molecule is Cc1cc(O)cc2c1CCC2O. The largest absolute Gasteiger partial charge is 0.508 e. The molecular weight excluding hydrogens is 152 g/mol. The van der Waals surface area contributed by atoms with Crippen molar-refractivity contribution in [1.29, 1.82) is 0 Å². The summed E-state index contributed by atoms with van der Waals surface area (Å²) in [6.07, 6.45) is 1.35. The van der Waals surface area contributed by atoms with Gasteiger partial charge in [0, 0.05) is 0 Å². The van der Waals surface area contributed by atoms with Gasteiger partial charge in [-0.05, 0) is 48.6 Å². The van der Waals surface area contributed by atoms with E-state index >= 15 is 0 Å². The molecule has 0 heterocycles. The summed E-state index contributed by atoms with van der Waals surface area (Å²) < 4.78 is 0. The lowest BCUT2D eigenvalue weighted by Gasteiger charge is -2.06. The molecule has 0 saturated heterocycles. The van der Waals surface area contributed by atoms with Crippen LogP contribution in [0.1, 0.15) is 29.2 Å².